The summed E-state index contributed by atoms with van der Waals surface area (Å²) in [5, 5.41) is 5.53. The van der Waals surface area contributed by atoms with E-state index in [1.165, 1.54) is 28.8 Å². The standard InChI is InChI=1S/C17H13ClF3N3O2S/c1-10-8-11(2-7-14(10)18)16-23-15(17(19,20)21)9-24(16)12-3-5-13(6-4-12)27(22,25)26/h2-9H,1H3,(H2,22,25,26). The molecule has 10 heteroatoms. The van der Waals surface area contributed by atoms with Crippen LogP contribution in [-0.2, 0) is 16.2 Å². The lowest BCUT2D eigenvalue weighted by atomic mass is 10.1. The number of sulfonamides is 1. The van der Waals surface area contributed by atoms with E-state index in [0.717, 1.165) is 6.20 Å². The fourth-order valence-corrected chi connectivity index (χ4v) is 3.13. The summed E-state index contributed by atoms with van der Waals surface area (Å²) in [5.74, 6) is 0.0467. The molecule has 0 aliphatic heterocycles. The molecule has 2 N–H and O–H groups in total. The number of benzene rings is 2. The van der Waals surface area contributed by atoms with Crippen molar-refractivity contribution in [3.63, 3.8) is 0 Å². The quantitative estimate of drug-likeness (QED) is 0.697. The third kappa shape index (κ3) is 4.00. The summed E-state index contributed by atoms with van der Waals surface area (Å²) < 4.78 is 63.5. The maximum atomic E-state index is 13.2. The SMILES string of the molecule is Cc1cc(-c2nc(C(F)(F)F)cn2-c2ccc(S(N)(=O)=O)cc2)ccc1Cl. The van der Waals surface area contributed by atoms with Crippen LogP contribution in [0.25, 0.3) is 17.1 Å². The zero-order valence-corrected chi connectivity index (χ0v) is 15.4. The van der Waals surface area contributed by atoms with Gasteiger partial charge in [-0.25, -0.2) is 18.5 Å². The summed E-state index contributed by atoms with van der Waals surface area (Å²) in [7, 11) is -3.91. The third-order valence-corrected chi connectivity index (χ3v) is 5.21. The van der Waals surface area contributed by atoms with Gasteiger partial charge in [-0.3, -0.25) is 4.57 Å². The molecule has 2 aromatic carbocycles. The first-order valence-electron chi connectivity index (χ1n) is 7.53. The van der Waals surface area contributed by atoms with Gasteiger partial charge in [0.2, 0.25) is 10.0 Å². The predicted octanol–water partition coefficient (Wildman–Crippen LogP) is 4.17. The van der Waals surface area contributed by atoms with Crippen LogP contribution in [0.5, 0.6) is 0 Å². The average Bonchev–Trinajstić information content (AvgIpc) is 3.02. The van der Waals surface area contributed by atoms with E-state index in [4.69, 9.17) is 16.7 Å². The summed E-state index contributed by atoms with van der Waals surface area (Å²) in [6, 6.07) is 9.90. The first kappa shape index (κ1) is 19.4. The molecule has 3 aromatic rings. The van der Waals surface area contributed by atoms with E-state index in [1.807, 2.05) is 0 Å². The summed E-state index contributed by atoms with van der Waals surface area (Å²) >= 11 is 5.99. The molecule has 0 amide bonds. The molecule has 142 valence electrons. The second-order valence-electron chi connectivity index (χ2n) is 5.82. The van der Waals surface area contributed by atoms with Crippen LogP contribution in [-0.4, -0.2) is 18.0 Å². The molecular formula is C17H13ClF3N3O2S. The topological polar surface area (TPSA) is 78.0 Å². The van der Waals surface area contributed by atoms with Crippen LogP contribution in [0.3, 0.4) is 0 Å². The van der Waals surface area contributed by atoms with Gasteiger partial charge in [0.1, 0.15) is 5.82 Å². The Kier molecular flexibility index (Phi) is 4.79. The van der Waals surface area contributed by atoms with E-state index < -0.39 is 21.9 Å². The number of nitrogens with zero attached hydrogens (tertiary/aromatic N) is 2. The molecule has 0 bridgehead atoms. The molecule has 0 saturated heterocycles. The summed E-state index contributed by atoms with van der Waals surface area (Å²) in [6.07, 6.45) is -3.78. The number of hydrogen-bond donors (Lipinski definition) is 1. The molecule has 0 spiro atoms. The zero-order chi connectivity index (χ0) is 20.0. The van der Waals surface area contributed by atoms with Crippen molar-refractivity contribution in [2.75, 3.05) is 0 Å². The van der Waals surface area contributed by atoms with Gasteiger partial charge in [-0.15, -0.1) is 0 Å². The molecule has 0 unspecified atom stereocenters. The molecule has 3 rings (SSSR count). The maximum absolute atomic E-state index is 13.2. The minimum atomic E-state index is -4.64. The minimum absolute atomic E-state index is 0.0467. The van der Waals surface area contributed by atoms with Gasteiger partial charge >= 0.3 is 6.18 Å². The lowest BCUT2D eigenvalue weighted by molar-refractivity contribution is -0.140. The zero-order valence-electron chi connectivity index (χ0n) is 13.8. The molecule has 1 heterocycles. The number of primary sulfonamides is 1. The minimum Gasteiger partial charge on any atom is -0.299 e. The number of imidazole rings is 1. The van der Waals surface area contributed by atoms with E-state index in [1.54, 1.807) is 25.1 Å². The fraction of sp³-hybridized carbons (Fsp3) is 0.118. The van der Waals surface area contributed by atoms with Crippen molar-refractivity contribution >= 4 is 21.6 Å². The highest BCUT2D eigenvalue weighted by atomic mass is 35.5. The predicted molar refractivity (Wildman–Crippen MR) is 95.1 cm³/mol. The Hall–Kier alpha value is -2.36. The Labute approximate surface area is 158 Å². The van der Waals surface area contributed by atoms with Gasteiger partial charge in [-0.2, -0.15) is 13.2 Å². The third-order valence-electron chi connectivity index (χ3n) is 3.86. The van der Waals surface area contributed by atoms with Crippen LogP contribution in [0.15, 0.2) is 53.6 Å². The van der Waals surface area contributed by atoms with Crippen molar-refractivity contribution in [3.8, 4) is 17.1 Å². The van der Waals surface area contributed by atoms with Gasteiger partial charge < -0.3 is 0 Å². The average molecular weight is 416 g/mol. The van der Waals surface area contributed by atoms with Crippen LogP contribution >= 0.6 is 11.6 Å². The van der Waals surface area contributed by atoms with Crippen LogP contribution in [0.1, 0.15) is 11.3 Å². The first-order chi connectivity index (χ1) is 12.5. The van der Waals surface area contributed by atoms with Crippen molar-refractivity contribution in [3.05, 3.63) is 64.9 Å². The van der Waals surface area contributed by atoms with E-state index in [9.17, 15) is 21.6 Å². The Morgan fingerprint density at radius 2 is 1.74 bits per heavy atom. The Balaban J connectivity index is 2.19. The van der Waals surface area contributed by atoms with Crippen molar-refractivity contribution in [2.24, 2.45) is 5.14 Å². The number of aromatic nitrogens is 2. The molecule has 1 aromatic heterocycles. The van der Waals surface area contributed by atoms with Crippen LogP contribution in [0, 0.1) is 6.92 Å². The lowest BCUT2D eigenvalue weighted by Gasteiger charge is -2.09. The molecular weight excluding hydrogens is 403 g/mol. The Bertz CT molecular complexity index is 1110. The summed E-state index contributed by atoms with van der Waals surface area (Å²) in [5.41, 5.74) is 0.346. The number of nitrogens with two attached hydrogens (primary N) is 1. The van der Waals surface area contributed by atoms with Crippen molar-refractivity contribution < 1.29 is 21.6 Å². The molecule has 0 saturated carbocycles. The highest BCUT2D eigenvalue weighted by Gasteiger charge is 2.35. The number of alkyl halides is 3. The fourth-order valence-electron chi connectivity index (χ4n) is 2.50. The lowest BCUT2D eigenvalue weighted by Crippen LogP contribution is -2.12. The monoisotopic (exact) mass is 415 g/mol. The van der Waals surface area contributed by atoms with Crippen LogP contribution in [0.2, 0.25) is 5.02 Å². The number of hydrogen-bond acceptors (Lipinski definition) is 3. The molecule has 27 heavy (non-hydrogen) atoms. The van der Waals surface area contributed by atoms with E-state index in [0.29, 0.717) is 21.8 Å². The summed E-state index contributed by atoms with van der Waals surface area (Å²) in [6.45, 7) is 1.73. The van der Waals surface area contributed by atoms with Gasteiger partial charge in [0, 0.05) is 22.5 Å². The van der Waals surface area contributed by atoms with Gasteiger partial charge in [0.15, 0.2) is 5.69 Å². The largest absolute Gasteiger partial charge is 0.434 e. The second-order valence-corrected chi connectivity index (χ2v) is 7.79. The second kappa shape index (κ2) is 6.66. The van der Waals surface area contributed by atoms with Gasteiger partial charge in [0.05, 0.1) is 4.90 Å². The molecule has 0 aliphatic carbocycles. The number of rotatable bonds is 3. The van der Waals surface area contributed by atoms with Crippen LogP contribution in [0.4, 0.5) is 13.2 Å². The molecule has 0 atom stereocenters. The highest BCUT2D eigenvalue weighted by Crippen LogP contribution is 2.33. The van der Waals surface area contributed by atoms with E-state index in [-0.39, 0.29) is 10.7 Å². The van der Waals surface area contributed by atoms with Gasteiger partial charge in [-0.1, -0.05) is 11.6 Å². The van der Waals surface area contributed by atoms with Gasteiger partial charge in [-0.05, 0) is 55.0 Å². The highest BCUT2D eigenvalue weighted by molar-refractivity contribution is 7.89. The summed E-state index contributed by atoms with van der Waals surface area (Å²) in [4.78, 5) is 3.58. The maximum Gasteiger partial charge on any atom is 0.434 e. The molecule has 5 nitrogen and oxygen atoms in total. The van der Waals surface area contributed by atoms with E-state index in [2.05, 4.69) is 4.98 Å². The van der Waals surface area contributed by atoms with Crippen molar-refractivity contribution in [1.82, 2.24) is 9.55 Å². The number of aryl methyl sites for hydroxylation is 1. The Morgan fingerprint density at radius 3 is 2.26 bits per heavy atom. The molecule has 0 aliphatic rings. The van der Waals surface area contributed by atoms with Crippen LogP contribution < -0.4 is 5.14 Å². The Morgan fingerprint density at radius 1 is 1.11 bits per heavy atom. The van der Waals surface area contributed by atoms with Gasteiger partial charge in [0.25, 0.3) is 0 Å². The smallest absolute Gasteiger partial charge is 0.299 e. The van der Waals surface area contributed by atoms with E-state index >= 15 is 0 Å². The number of halogens is 4. The first-order valence-corrected chi connectivity index (χ1v) is 9.45. The normalized spacial score (nSPS) is 12.4. The molecule has 0 fully saturated rings. The molecule has 0 radical (unpaired) electrons. The van der Waals surface area contributed by atoms with Crippen molar-refractivity contribution in [1.29, 1.82) is 0 Å². The van der Waals surface area contributed by atoms with Crippen molar-refractivity contribution in [2.45, 2.75) is 18.0 Å².